The fourth-order valence-corrected chi connectivity index (χ4v) is 4.63. The van der Waals surface area contributed by atoms with Crippen molar-refractivity contribution in [3.05, 3.63) is 56.8 Å². The summed E-state index contributed by atoms with van der Waals surface area (Å²) in [6.07, 6.45) is 3.50. The van der Waals surface area contributed by atoms with E-state index in [9.17, 15) is 0 Å². The van der Waals surface area contributed by atoms with Crippen molar-refractivity contribution in [1.82, 2.24) is 0 Å². The SMILES string of the molecule is Cc1cc(C(Cl)C2CCc3ccccc3C2)c(C)s1. The van der Waals surface area contributed by atoms with Gasteiger partial charge in [-0.05, 0) is 61.8 Å². The van der Waals surface area contributed by atoms with Crippen molar-refractivity contribution < 1.29 is 0 Å². The molecule has 1 aromatic heterocycles. The monoisotopic (exact) mass is 290 g/mol. The minimum Gasteiger partial charge on any atom is -0.146 e. The average Bonchev–Trinajstić information content (AvgIpc) is 2.76. The molecule has 100 valence electrons. The van der Waals surface area contributed by atoms with Gasteiger partial charge in [0.1, 0.15) is 0 Å². The molecule has 0 saturated carbocycles. The second kappa shape index (κ2) is 5.30. The highest BCUT2D eigenvalue weighted by molar-refractivity contribution is 7.12. The van der Waals surface area contributed by atoms with Crippen LogP contribution in [-0.2, 0) is 12.8 Å². The van der Waals surface area contributed by atoms with E-state index in [0.29, 0.717) is 5.92 Å². The van der Waals surface area contributed by atoms with Crippen LogP contribution in [0.25, 0.3) is 0 Å². The first-order chi connectivity index (χ1) is 9.15. The van der Waals surface area contributed by atoms with Crippen molar-refractivity contribution in [2.45, 2.75) is 38.5 Å². The molecule has 1 heterocycles. The Labute approximate surface area is 124 Å². The molecular formula is C17H19ClS. The normalized spacial score (nSPS) is 20.1. The van der Waals surface area contributed by atoms with Gasteiger partial charge in [0.2, 0.25) is 0 Å². The molecule has 3 rings (SSSR count). The standard InChI is InChI=1S/C17H19ClS/c1-11-9-16(12(2)19-11)17(18)15-8-7-13-5-3-4-6-14(13)10-15/h3-6,9,15,17H,7-8,10H2,1-2H3. The maximum Gasteiger partial charge on any atom is 0.0627 e. The molecule has 0 saturated heterocycles. The maximum absolute atomic E-state index is 6.78. The van der Waals surface area contributed by atoms with Crippen molar-refractivity contribution in [3.63, 3.8) is 0 Å². The molecule has 2 aromatic rings. The first-order valence-corrected chi connectivity index (χ1v) is 8.18. The van der Waals surface area contributed by atoms with E-state index in [0.717, 1.165) is 6.42 Å². The van der Waals surface area contributed by atoms with Crippen molar-refractivity contribution in [2.75, 3.05) is 0 Å². The first-order valence-electron chi connectivity index (χ1n) is 6.93. The Morgan fingerprint density at radius 3 is 2.63 bits per heavy atom. The predicted molar refractivity (Wildman–Crippen MR) is 84.3 cm³/mol. The van der Waals surface area contributed by atoms with E-state index >= 15 is 0 Å². The molecular weight excluding hydrogens is 272 g/mol. The molecule has 1 aromatic carbocycles. The number of thiophene rings is 1. The van der Waals surface area contributed by atoms with Crippen LogP contribution in [0.3, 0.4) is 0 Å². The van der Waals surface area contributed by atoms with E-state index in [1.54, 1.807) is 0 Å². The zero-order valence-corrected chi connectivity index (χ0v) is 13.0. The lowest BCUT2D eigenvalue weighted by Gasteiger charge is -2.28. The Bertz CT molecular complexity index is 585. The van der Waals surface area contributed by atoms with Crippen molar-refractivity contribution in [3.8, 4) is 0 Å². The van der Waals surface area contributed by atoms with Gasteiger partial charge in [0, 0.05) is 9.75 Å². The van der Waals surface area contributed by atoms with Crippen LogP contribution < -0.4 is 0 Å². The number of alkyl halides is 1. The highest BCUT2D eigenvalue weighted by Crippen LogP contribution is 2.41. The summed E-state index contributed by atoms with van der Waals surface area (Å²) in [5.74, 6) is 0.573. The maximum atomic E-state index is 6.78. The largest absolute Gasteiger partial charge is 0.146 e. The van der Waals surface area contributed by atoms with Crippen molar-refractivity contribution >= 4 is 22.9 Å². The minimum atomic E-state index is 0.165. The summed E-state index contributed by atoms with van der Waals surface area (Å²) < 4.78 is 0. The Morgan fingerprint density at radius 1 is 1.21 bits per heavy atom. The second-order valence-electron chi connectivity index (χ2n) is 5.54. The van der Waals surface area contributed by atoms with E-state index in [-0.39, 0.29) is 5.38 Å². The number of fused-ring (bicyclic) bond motifs is 1. The lowest BCUT2D eigenvalue weighted by atomic mass is 9.80. The third-order valence-corrected chi connectivity index (χ3v) is 5.75. The summed E-state index contributed by atoms with van der Waals surface area (Å²) in [7, 11) is 0. The third-order valence-electron chi connectivity index (χ3n) is 4.18. The fraction of sp³-hybridized carbons (Fsp3) is 0.412. The van der Waals surface area contributed by atoms with Gasteiger partial charge in [0.15, 0.2) is 0 Å². The van der Waals surface area contributed by atoms with Gasteiger partial charge in [-0.1, -0.05) is 24.3 Å². The summed E-state index contributed by atoms with van der Waals surface area (Å²) in [5.41, 5.74) is 4.36. The molecule has 0 N–H and O–H groups in total. The van der Waals surface area contributed by atoms with Crippen molar-refractivity contribution in [2.24, 2.45) is 5.92 Å². The summed E-state index contributed by atoms with van der Waals surface area (Å²) in [6, 6.07) is 11.1. The molecule has 2 atom stereocenters. The number of hydrogen-bond acceptors (Lipinski definition) is 1. The van der Waals surface area contributed by atoms with Gasteiger partial charge in [-0.15, -0.1) is 22.9 Å². The van der Waals surface area contributed by atoms with Gasteiger partial charge in [-0.3, -0.25) is 0 Å². The van der Waals surface area contributed by atoms with Crippen LogP contribution in [0.4, 0.5) is 0 Å². The number of aryl methyl sites for hydroxylation is 3. The van der Waals surface area contributed by atoms with Crippen LogP contribution in [0.2, 0.25) is 0 Å². The molecule has 2 heteroatoms. The Kier molecular flexibility index (Phi) is 3.68. The molecule has 0 aliphatic heterocycles. The van der Waals surface area contributed by atoms with Crippen molar-refractivity contribution in [1.29, 1.82) is 0 Å². The minimum absolute atomic E-state index is 0.165. The van der Waals surface area contributed by atoms with E-state index in [4.69, 9.17) is 11.6 Å². The molecule has 0 spiro atoms. The summed E-state index contributed by atoms with van der Waals surface area (Å²) >= 11 is 8.64. The highest BCUT2D eigenvalue weighted by atomic mass is 35.5. The molecule has 0 bridgehead atoms. The fourth-order valence-electron chi connectivity index (χ4n) is 3.15. The molecule has 1 aliphatic carbocycles. The molecule has 0 radical (unpaired) electrons. The van der Waals surface area contributed by atoms with E-state index < -0.39 is 0 Å². The highest BCUT2D eigenvalue weighted by Gasteiger charge is 2.27. The van der Waals surface area contributed by atoms with Gasteiger partial charge < -0.3 is 0 Å². The molecule has 0 fully saturated rings. The van der Waals surface area contributed by atoms with E-state index in [1.165, 1.54) is 39.3 Å². The number of rotatable bonds is 2. The lowest BCUT2D eigenvalue weighted by Crippen LogP contribution is -2.18. The van der Waals surface area contributed by atoms with E-state index in [1.807, 2.05) is 11.3 Å². The number of hydrogen-bond donors (Lipinski definition) is 0. The van der Waals surface area contributed by atoms with Gasteiger partial charge in [-0.25, -0.2) is 0 Å². The van der Waals surface area contributed by atoms with Crippen LogP contribution >= 0.6 is 22.9 Å². The second-order valence-corrected chi connectivity index (χ2v) is 7.47. The first kappa shape index (κ1) is 13.2. The van der Waals surface area contributed by atoms with Gasteiger partial charge in [0.25, 0.3) is 0 Å². The number of benzene rings is 1. The smallest absolute Gasteiger partial charge is 0.0627 e. The van der Waals surface area contributed by atoms with E-state index in [2.05, 4.69) is 44.2 Å². The molecule has 1 aliphatic rings. The van der Waals surface area contributed by atoms with Gasteiger partial charge >= 0.3 is 0 Å². The molecule has 2 unspecified atom stereocenters. The topological polar surface area (TPSA) is 0 Å². The summed E-state index contributed by atoms with van der Waals surface area (Å²) in [5, 5.41) is 0.165. The van der Waals surface area contributed by atoms with Gasteiger partial charge in [-0.2, -0.15) is 0 Å². The Hall–Kier alpha value is -0.790. The Morgan fingerprint density at radius 2 is 1.95 bits per heavy atom. The average molecular weight is 291 g/mol. The van der Waals surface area contributed by atoms with Gasteiger partial charge in [0.05, 0.1) is 5.38 Å². The summed E-state index contributed by atoms with van der Waals surface area (Å²) in [6.45, 7) is 4.36. The van der Waals surface area contributed by atoms with Crippen LogP contribution in [0.5, 0.6) is 0 Å². The van der Waals surface area contributed by atoms with Crippen LogP contribution in [0.1, 0.15) is 38.2 Å². The molecule has 0 nitrogen and oxygen atoms in total. The van der Waals surface area contributed by atoms with Crippen LogP contribution in [-0.4, -0.2) is 0 Å². The lowest BCUT2D eigenvalue weighted by molar-refractivity contribution is 0.443. The third kappa shape index (κ3) is 2.59. The predicted octanol–water partition coefficient (Wildman–Crippen LogP) is 5.45. The quantitative estimate of drug-likeness (QED) is 0.645. The zero-order valence-electron chi connectivity index (χ0n) is 11.4. The Balaban J connectivity index is 1.83. The zero-order chi connectivity index (χ0) is 13.4. The molecule has 0 amide bonds. The summed E-state index contributed by atoms with van der Waals surface area (Å²) in [4.78, 5) is 2.76. The molecule has 19 heavy (non-hydrogen) atoms. The van der Waals surface area contributed by atoms with Crippen LogP contribution in [0.15, 0.2) is 30.3 Å². The number of halogens is 1. The van der Waals surface area contributed by atoms with Crippen LogP contribution in [0, 0.1) is 19.8 Å².